The van der Waals surface area contributed by atoms with E-state index in [-0.39, 0.29) is 0 Å². The minimum atomic E-state index is 0.891. The fourth-order valence-electron chi connectivity index (χ4n) is 2.20. The van der Waals surface area contributed by atoms with Crippen LogP contribution in [0.4, 0.5) is 0 Å². The van der Waals surface area contributed by atoms with Gasteiger partial charge in [0.25, 0.3) is 0 Å². The summed E-state index contributed by atoms with van der Waals surface area (Å²) in [7, 11) is 0. The second-order valence-electron chi connectivity index (χ2n) is 4.64. The van der Waals surface area contributed by atoms with Gasteiger partial charge in [-0.05, 0) is 6.42 Å². The molecule has 0 radical (unpaired) electrons. The van der Waals surface area contributed by atoms with Crippen LogP contribution in [-0.2, 0) is 6.42 Å². The number of aryl methyl sites for hydroxylation is 1. The summed E-state index contributed by atoms with van der Waals surface area (Å²) in [6.07, 6.45) is 2.76. The largest absolute Gasteiger partial charge is 0.252 e. The molecule has 0 aliphatic heterocycles. The number of benzene rings is 2. The molecule has 0 aliphatic rings. The highest BCUT2D eigenvalue weighted by molar-refractivity contribution is 5.77. The monoisotopic (exact) mass is 260 g/mol. The van der Waals surface area contributed by atoms with Gasteiger partial charge in [-0.2, -0.15) is 0 Å². The van der Waals surface area contributed by atoms with Gasteiger partial charge >= 0.3 is 0 Å². The molecule has 0 spiro atoms. The van der Waals surface area contributed by atoms with Crippen LogP contribution in [0.5, 0.6) is 0 Å². The van der Waals surface area contributed by atoms with Crippen molar-refractivity contribution >= 4 is 0 Å². The normalized spacial score (nSPS) is 10.4. The van der Waals surface area contributed by atoms with E-state index in [0.717, 1.165) is 34.6 Å². The molecule has 3 rings (SSSR count). The van der Waals surface area contributed by atoms with Crippen LogP contribution in [0.3, 0.4) is 0 Å². The van der Waals surface area contributed by atoms with Crippen molar-refractivity contribution in [3.63, 3.8) is 0 Å². The standard InChI is InChI=1S/C18H16N2/c1-2-16-13-19-17(14-9-5-3-6-10-14)18(20-16)15-11-7-4-8-12-15/h3-13H,2H2,1H3. The Kier molecular flexibility index (Phi) is 3.55. The summed E-state index contributed by atoms with van der Waals surface area (Å²) in [6, 6.07) is 20.5. The maximum absolute atomic E-state index is 4.78. The highest BCUT2D eigenvalue weighted by atomic mass is 14.8. The maximum Gasteiger partial charge on any atom is 0.0968 e. The highest BCUT2D eigenvalue weighted by Gasteiger charge is 2.11. The molecule has 1 heterocycles. The maximum atomic E-state index is 4.78. The van der Waals surface area contributed by atoms with Gasteiger partial charge < -0.3 is 0 Å². The molecule has 0 amide bonds. The van der Waals surface area contributed by atoms with Gasteiger partial charge in [0.2, 0.25) is 0 Å². The quantitative estimate of drug-likeness (QED) is 0.698. The van der Waals surface area contributed by atoms with E-state index < -0.39 is 0 Å². The van der Waals surface area contributed by atoms with Crippen molar-refractivity contribution in [2.75, 3.05) is 0 Å². The average molecular weight is 260 g/mol. The van der Waals surface area contributed by atoms with Crippen molar-refractivity contribution in [3.8, 4) is 22.5 Å². The summed E-state index contributed by atoms with van der Waals surface area (Å²) in [5.41, 5.74) is 5.12. The van der Waals surface area contributed by atoms with Gasteiger partial charge in [0, 0.05) is 17.3 Å². The molecule has 0 aliphatic carbocycles. The minimum absolute atomic E-state index is 0.891. The summed E-state index contributed by atoms with van der Waals surface area (Å²) in [5, 5.41) is 0. The molecule has 98 valence electrons. The van der Waals surface area contributed by atoms with Crippen molar-refractivity contribution in [1.82, 2.24) is 9.97 Å². The summed E-state index contributed by atoms with van der Waals surface area (Å²) >= 11 is 0. The Balaban J connectivity index is 2.20. The van der Waals surface area contributed by atoms with Gasteiger partial charge in [0.1, 0.15) is 0 Å². The van der Waals surface area contributed by atoms with E-state index in [4.69, 9.17) is 4.98 Å². The molecule has 0 atom stereocenters. The van der Waals surface area contributed by atoms with E-state index in [1.165, 1.54) is 0 Å². The number of hydrogen-bond donors (Lipinski definition) is 0. The van der Waals surface area contributed by atoms with E-state index in [2.05, 4.69) is 36.2 Å². The Morgan fingerprint density at radius 3 is 1.85 bits per heavy atom. The Bertz CT molecular complexity index is 691. The summed E-state index contributed by atoms with van der Waals surface area (Å²) < 4.78 is 0. The summed E-state index contributed by atoms with van der Waals surface area (Å²) in [4.78, 5) is 9.41. The molecule has 1 aromatic heterocycles. The van der Waals surface area contributed by atoms with Crippen LogP contribution in [0.2, 0.25) is 0 Å². The zero-order chi connectivity index (χ0) is 13.8. The second-order valence-corrected chi connectivity index (χ2v) is 4.64. The van der Waals surface area contributed by atoms with E-state index in [9.17, 15) is 0 Å². The molecule has 2 nitrogen and oxygen atoms in total. The van der Waals surface area contributed by atoms with Gasteiger partial charge in [-0.3, -0.25) is 4.98 Å². The predicted molar refractivity (Wildman–Crippen MR) is 82.3 cm³/mol. The van der Waals surface area contributed by atoms with Crippen molar-refractivity contribution in [1.29, 1.82) is 0 Å². The Hall–Kier alpha value is -2.48. The molecule has 0 N–H and O–H groups in total. The van der Waals surface area contributed by atoms with Crippen LogP contribution in [0.1, 0.15) is 12.6 Å². The van der Waals surface area contributed by atoms with Crippen molar-refractivity contribution in [2.24, 2.45) is 0 Å². The van der Waals surface area contributed by atoms with Gasteiger partial charge in [-0.15, -0.1) is 0 Å². The van der Waals surface area contributed by atoms with E-state index in [1.807, 2.05) is 42.6 Å². The number of aromatic nitrogens is 2. The van der Waals surface area contributed by atoms with E-state index >= 15 is 0 Å². The van der Waals surface area contributed by atoms with Crippen LogP contribution in [0, 0.1) is 0 Å². The van der Waals surface area contributed by atoms with Crippen LogP contribution < -0.4 is 0 Å². The minimum Gasteiger partial charge on any atom is -0.252 e. The van der Waals surface area contributed by atoms with Gasteiger partial charge in [0.05, 0.1) is 17.1 Å². The fourth-order valence-corrected chi connectivity index (χ4v) is 2.20. The smallest absolute Gasteiger partial charge is 0.0968 e. The first-order valence-electron chi connectivity index (χ1n) is 6.85. The van der Waals surface area contributed by atoms with Crippen LogP contribution in [0.15, 0.2) is 66.9 Å². The molecule has 0 saturated heterocycles. The number of nitrogens with zero attached hydrogens (tertiary/aromatic N) is 2. The third-order valence-electron chi connectivity index (χ3n) is 3.28. The van der Waals surface area contributed by atoms with Crippen LogP contribution in [-0.4, -0.2) is 9.97 Å². The first-order valence-corrected chi connectivity index (χ1v) is 6.85. The van der Waals surface area contributed by atoms with E-state index in [1.54, 1.807) is 0 Å². The van der Waals surface area contributed by atoms with Crippen LogP contribution in [0.25, 0.3) is 22.5 Å². The lowest BCUT2D eigenvalue weighted by molar-refractivity contribution is 1.01. The summed E-state index contributed by atoms with van der Waals surface area (Å²) in [6.45, 7) is 2.10. The molecule has 0 bridgehead atoms. The molecule has 2 heteroatoms. The van der Waals surface area contributed by atoms with Gasteiger partial charge in [0.15, 0.2) is 0 Å². The molecule has 3 aromatic rings. The van der Waals surface area contributed by atoms with E-state index in [0.29, 0.717) is 0 Å². The first-order chi connectivity index (χ1) is 9.88. The molecule has 0 unspecified atom stereocenters. The zero-order valence-electron chi connectivity index (χ0n) is 11.5. The van der Waals surface area contributed by atoms with Crippen molar-refractivity contribution in [3.05, 3.63) is 72.6 Å². The first kappa shape index (κ1) is 12.5. The third-order valence-corrected chi connectivity index (χ3v) is 3.28. The zero-order valence-corrected chi connectivity index (χ0v) is 11.5. The lowest BCUT2D eigenvalue weighted by atomic mass is 10.0. The molecule has 0 fully saturated rings. The number of rotatable bonds is 3. The topological polar surface area (TPSA) is 25.8 Å². The molecule has 20 heavy (non-hydrogen) atoms. The van der Waals surface area contributed by atoms with Gasteiger partial charge in [-0.1, -0.05) is 67.6 Å². The highest BCUT2D eigenvalue weighted by Crippen LogP contribution is 2.28. The van der Waals surface area contributed by atoms with Gasteiger partial charge in [-0.25, -0.2) is 4.98 Å². The molecular weight excluding hydrogens is 244 g/mol. The second kappa shape index (κ2) is 5.66. The number of hydrogen-bond acceptors (Lipinski definition) is 2. The fraction of sp³-hybridized carbons (Fsp3) is 0.111. The predicted octanol–water partition coefficient (Wildman–Crippen LogP) is 4.37. The molecular formula is C18H16N2. The van der Waals surface area contributed by atoms with Crippen molar-refractivity contribution in [2.45, 2.75) is 13.3 Å². The van der Waals surface area contributed by atoms with Crippen molar-refractivity contribution < 1.29 is 0 Å². The Labute approximate surface area is 119 Å². The lowest BCUT2D eigenvalue weighted by Crippen LogP contribution is -1.97. The summed E-state index contributed by atoms with van der Waals surface area (Å²) in [5.74, 6) is 0. The van der Waals surface area contributed by atoms with Crippen LogP contribution >= 0.6 is 0 Å². The SMILES string of the molecule is CCc1cnc(-c2ccccc2)c(-c2ccccc2)n1. The average Bonchev–Trinajstić information content (AvgIpc) is 2.56. The lowest BCUT2D eigenvalue weighted by Gasteiger charge is -2.09. The Morgan fingerprint density at radius 1 is 0.750 bits per heavy atom. The Morgan fingerprint density at radius 2 is 1.30 bits per heavy atom. The molecule has 0 saturated carbocycles. The molecule has 2 aromatic carbocycles. The third kappa shape index (κ3) is 2.45.